The molecule has 1 aliphatic heterocycles. The maximum atomic E-state index is 13.5. The molecule has 8 heteroatoms. The molecule has 1 fully saturated rings. The van der Waals surface area contributed by atoms with E-state index in [2.05, 4.69) is 22.9 Å². The van der Waals surface area contributed by atoms with Crippen LogP contribution in [0.3, 0.4) is 0 Å². The topological polar surface area (TPSA) is 88.6 Å². The second-order valence-electron chi connectivity index (χ2n) is 10.7. The van der Waals surface area contributed by atoms with Gasteiger partial charge in [-0.3, -0.25) is 9.88 Å². The number of fused-ring (bicyclic) bond motifs is 1. The van der Waals surface area contributed by atoms with Crippen LogP contribution in [0.15, 0.2) is 42.6 Å². The standard InChI is InChI=1S/C27H37N3O4S/c1-5-17-35(32,33)29-19-20-10-11-21-12-16-30(25(31)34-26(2,3)4)24(22(21)18-20)27(13-8-14-27)23-9-6-7-15-28-23/h6-7,9-11,15,18,24,29H,5,8,12-14,16-17,19H2,1-4H3. The Bertz CT molecular complexity index is 1150. The minimum atomic E-state index is -3.32. The van der Waals surface area contributed by atoms with Crippen molar-refractivity contribution in [2.75, 3.05) is 12.3 Å². The number of ether oxygens (including phenoxy) is 1. The average Bonchev–Trinajstić information content (AvgIpc) is 2.76. The molecular formula is C27H37N3O4S. The Kier molecular flexibility index (Phi) is 7.25. The molecule has 0 saturated heterocycles. The molecular weight excluding hydrogens is 462 g/mol. The molecule has 0 spiro atoms. The number of amides is 1. The SMILES string of the molecule is CCCS(=O)(=O)NCc1ccc2c(c1)C(C1(c3ccccn3)CCC1)N(C(=O)OC(C)(C)C)CC2. The maximum absolute atomic E-state index is 13.5. The van der Waals surface area contributed by atoms with E-state index in [1.807, 2.05) is 57.0 Å². The van der Waals surface area contributed by atoms with Crippen LogP contribution in [0.5, 0.6) is 0 Å². The first-order chi connectivity index (χ1) is 16.5. The Hall–Kier alpha value is -2.45. The number of hydrogen-bond donors (Lipinski definition) is 1. The van der Waals surface area contributed by atoms with Gasteiger partial charge in [-0.1, -0.05) is 37.6 Å². The van der Waals surface area contributed by atoms with E-state index in [1.54, 1.807) is 0 Å². The Labute approximate surface area is 209 Å². The Morgan fingerprint density at radius 1 is 1.23 bits per heavy atom. The van der Waals surface area contributed by atoms with Crippen LogP contribution in [0, 0.1) is 0 Å². The highest BCUT2D eigenvalue weighted by Gasteiger charge is 2.53. The molecule has 1 aromatic carbocycles. The van der Waals surface area contributed by atoms with Crippen molar-refractivity contribution in [2.24, 2.45) is 0 Å². The summed E-state index contributed by atoms with van der Waals surface area (Å²) in [6, 6.07) is 11.9. The highest BCUT2D eigenvalue weighted by Crippen LogP contribution is 2.55. The molecule has 1 atom stereocenters. The molecule has 2 heterocycles. The minimum absolute atomic E-state index is 0.107. The first kappa shape index (κ1) is 25.6. The third-order valence-corrected chi connectivity index (χ3v) is 8.51. The lowest BCUT2D eigenvalue weighted by molar-refractivity contribution is -0.00891. The summed E-state index contributed by atoms with van der Waals surface area (Å²) >= 11 is 0. The minimum Gasteiger partial charge on any atom is -0.444 e. The lowest BCUT2D eigenvalue weighted by Crippen LogP contribution is -2.54. The van der Waals surface area contributed by atoms with Crippen LogP contribution in [-0.4, -0.2) is 42.3 Å². The summed E-state index contributed by atoms with van der Waals surface area (Å²) in [7, 11) is -3.32. The molecule has 1 N–H and O–H groups in total. The van der Waals surface area contributed by atoms with E-state index in [4.69, 9.17) is 9.72 Å². The van der Waals surface area contributed by atoms with Gasteiger partial charge in [0, 0.05) is 30.4 Å². The summed E-state index contributed by atoms with van der Waals surface area (Å²) in [5, 5.41) is 0. The van der Waals surface area contributed by atoms with Crippen molar-refractivity contribution in [3.8, 4) is 0 Å². The molecule has 2 aliphatic rings. The Morgan fingerprint density at radius 2 is 2.00 bits per heavy atom. The normalized spacial score (nSPS) is 19.5. The lowest BCUT2D eigenvalue weighted by Gasteiger charge is -2.53. The summed E-state index contributed by atoms with van der Waals surface area (Å²) in [4.78, 5) is 20.1. The predicted molar refractivity (Wildman–Crippen MR) is 137 cm³/mol. The van der Waals surface area contributed by atoms with E-state index < -0.39 is 15.6 Å². The van der Waals surface area contributed by atoms with Gasteiger partial charge in [0.15, 0.2) is 0 Å². The van der Waals surface area contributed by atoms with E-state index in [1.165, 1.54) is 5.56 Å². The van der Waals surface area contributed by atoms with Gasteiger partial charge in [-0.15, -0.1) is 0 Å². The van der Waals surface area contributed by atoms with E-state index in [0.717, 1.165) is 42.5 Å². The van der Waals surface area contributed by atoms with Crippen molar-refractivity contribution in [1.29, 1.82) is 0 Å². The van der Waals surface area contributed by atoms with Crippen molar-refractivity contribution in [1.82, 2.24) is 14.6 Å². The smallest absolute Gasteiger partial charge is 0.410 e. The van der Waals surface area contributed by atoms with E-state index in [9.17, 15) is 13.2 Å². The van der Waals surface area contributed by atoms with Gasteiger partial charge in [0.25, 0.3) is 0 Å². The quantitative estimate of drug-likeness (QED) is 0.587. The maximum Gasteiger partial charge on any atom is 0.410 e. The predicted octanol–water partition coefficient (Wildman–Crippen LogP) is 4.87. The fraction of sp³-hybridized carbons (Fsp3) is 0.556. The third-order valence-electron chi connectivity index (χ3n) is 6.98. The first-order valence-electron chi connectivity index (χ1n) is 12.5. The molecule has 1 aliphatic carbocycles. The molecule has 1 amide bonds. The van der Waals surface area contributed by atoms with Gasteiger partial charge in [-0.25, -0.2) is 17.9 Å². The summed E-state index contributed by atoms with van der Waals surface area (Å²) in [6.07, 6.45) is 5.73. The van der Waals surface area contributed by atoms with Crippen LogP contribution in [0.2, 0.25) is 0 Å². The zero-order chi connectivity index (χ0) is 25.3. The van der Waals surface area contributed by atoms with Crippen LogP contribution < -0.4 is 4.72 Å². The third kappa shape index (κ3) is 5.54. The highest BCUT2D eigenvalue weighted by molar-refractivity contribution is 7.89. The van der Waals surface area contributed by atoms with E-state index in [-0.39, 0.29) is 29.8 Å². The lowest BCUT2D eigenvalue weighted by atomic mass is 9.58. The monoisotopic (exact) mass is 499 g/mol. The van der Waals surface area contributed by atoms with Gasteiger partial charge >= 0.3 is 6.09 Å². The zero-order valence-electron chi connectivity index (χ0n) is 21.2. The highest BCUT2D eigenvalue weighted by atomic mass is 32.2. The summed E-state index contributed by atoms with van der Waals surface area (Å²) in [5.41, 5.74) is 3.24. The number of pyridine rings is 1. The van der Waals surface area contributed by atoms with Gasteiger partial charge in [0.2, 0.25) is 10.0 Å². The summed E-state index contributed by atoms with van der Waals surface area (Å²) in [5.74, 6) is 0.107. The van der Waals surface area contributed by atoms with Crippen LogP contribution in [0.4, 0.5) is 4.79 Å². The van der Waals surface area contributed by atoms with Crippen molar-refractivity contribution in [3.63, 3.8) is 0 Å². The first-order valence-corrected chi connectivity index (χ1v) is 14.2. The molecule has 190 valence electrons. The molecule has 0 radical (unpaired) electrons. The fourth-order valence-electron chi connectivity index (χ4n) is 5.31. The number of nitrogens with one attached hydrogen (secondary N) is 1. The molecule has 1 saturated carbocycles. The van der Waals surface area contributed by atoms with Crippen molar-refractivity contribution >= 4 is 16.1 Å². The van der Waals surface area contributed by atoms with Crippen molar-refractivity contribution in [3.05, 3.63) is 65.0 Å². The largest absolute Gasteiger partial charge is 0.444 e. The van der Waals surface area contributed by atoms with Gasteiger partial charge in [-0.05, 0) is 75.3 Å². The van der Waals surface area contributed by atoms with E-state index in [0.29, 0.717) is 13.0 Å². The van der Waals surface area contributed by atoms with E-state index >= 15 is 0 Å². The average molecular weight is 500 g/mol. The number of sulfonamides is 1. The number of carbonyl (C=O) groups is 1. The second-order valence-corrected chi connectivity index (χ2v) is 12.7. The van der Waals surface area contributed by atoms with Gasteiger partial charge < -0.3 is 4.74 Å². The van der Waals surface area contributed by atoms with Gasteiger partial charge in [0.05, 0.1) is 11.8 Å². The van der Waals surface area contributed by atoms with Crippen LogP contribution in [0.1, 0.15) is 81.8 Å². The van der Waals surface area contributed by atoms with Crippen LogP contribution in [-0.2, 0) is 33.1 Å². The Morgan fingerprint density at radius 3 is 2.60 bits per heavy atom. The molecule has 1 unspecified atom stereocenters. The number of carbonyl (C=O) groups excluding carboxylic acids is 1. The molecule has 0 bridgehead atoms. The van der Waals surface area contributed by atoms with Crippen LogP contribution in [0.25, 0.3) is 0 Å². The number of benzene rings is 1. The van der Waals surface area contributed by atoms with Crippen molar-refractivity contribution in [2.45, 2.75) is 83.4 Å². The molecule has 35 heavy (non-hydrogen) atoms. The number of rotatable bonds is 7. The van der Waals surface area contributed by atoms with Gasteiger partial charge in [0.1, 0.15) is 5.60 Å². The number of nitrogens with zero attached hydrogens (tertiary/aromatic N) is 2. The summed E-state index contributed by atoms with van der Waals surface area (Å²) in [6.45, 7) is 8.31. The summed E-state index contributed by atoms with van der Waals surface area (Å²) < 4.78 is 33.0. The molecule has 4 rings (SSSR count). The van der Waals surface area contributed by atoms with Gasteiger partial charge in [-0.2, -0.15) is 0 Å². The molecule has 7 nitrogen and oxygen atoms in total. The fourth-order valence-corrected chi connectivity index (χ4v) is 6.37. The zero-order valence-corrected chi connectivity index (χ0v) is 22.0. The van der Waals surface area contributed by atoms with Crippen LogP contribution >= 0.6 is 0 Å². The van der Waals surface area contributed by atoms with Crippen molar-refractivity contribution < 1.29 is 17.9 Å². The molecule has 1 aromatic heterocycles. The molecule has 2 aromatic rings. The Balaban J connectivity index is 1.76. The number of hydrogen-bond acceptors (Lipinski definition) is 5. The second kappa shape index (κ2) is 9.90. The number of aromatic nitrogens is 1.